The van der Waals surface area contributed by atoms with Crippen LogP contribution in [0.3, 0.4) is 0 Å². The Bertz CT molecular complexity index is 967. The monoisotopic (exact) mass is 431 g/mol. The lowest BCUT2D eigenvalue weighted by atomic mass is 9.77. The van der Waals surface area contributed by atoms with E-state index < -0.39 is 15.3 Å². The second kappa shape index (κ2) is 8.11. The molecule has 1 unspecified atom stereocenters. The molecule has 1 saturated carbocycles. The molecule has 2 aromatic carbocycles. The molecule has 4 rings (SSSR count). The summed E-state index contributed by atoms with van der Waals surface area (Å²) < 4.78 is 25.8. The number of likely N-dealkylation sites (tertiary alicyclic amines) is 1. The first-order chi connectivity index (χ1) is 13.9. The Morgan fingerprint density at radius 1 is 1.00 bits per heavy atom. The number of nitrogens with zero attached hydrogens (tertiary/aromatic N) is 1. The molecule has 0 N–H and O–H groups in total. The van der Waals surface area contributed by atoms with Crippen LogP contribution in [0.4, 0.5) is 0 Å². The average Bonchev–Trinajstić information content (AvgIpc) is 3.39. The van der Waals surface area contributed by atoms with E-state index in [-0.39, 0.29) is 17.7 Å². The molecule has 1 saturated heterocycles. The number of sulfone groups is 1. The van der Waals surface area contributed by atoms with E-state index in [0.29, 0.717) is 16.5 Å². The molecule has 154 valence electrons. The molecule has 0 bridgehead atoms. The van der Waals surface area contributed by atoms with Crippen LogP contribution in [0, 0.1) is 0 Å². The summed E-state index contributed by atoms with van der Waals surface area (Å²) in [5, 5.41) is 0.655. The molecule has 1 aliphatic heterocycles. The molecule has 0 radical (unpaired) electrons. The third-order valence-corrected chi connectivity index (χ3v) is 8.48. The Balaban J connectivity index is 1.60. The number of hydrogen-bond donors (Lipinski definition) is 0. The van der Waals surface area contributed by atoms with Gasteiger partial charge in [-0.1, -0.05) is 54.8 Å². The average molecular weight is 432 g/mol. The van der Waals surface area contributed by atoms with Crippen molar-refractivity contribution >= 4 is 27.3 Å². The van der Waals surface area contributed by atoms with Crippen molar-refractivity contribution in [3.8, 4) is 0 Å². The van der Waals surface area contributed by atoms with E-state index in [1.807, 2.05) is 29.2 Å². The SMILES string of the molecule is O=C(N1CCCC1CS(=O)(=O)c1ccccc1)C1(c2ccc(Cl)cc2)CCCC1. The minimum absolute atomic E-state index is 0.0144. The van der Waals surface area contributed by atoms with Crippen molar-refractivity contribution in [3.05, 3.63) is 65.2 Å². The van der Waals surface area contributed by atoms with E-state index in [1.165, 1.54) is 0 Å². The van der Waals surface area contributed by atoms with Crippen molar-refractivity contribution in [3.63, 3.8) is 0 Å². The minimum Gasteiger partial charge on any atom is -0.338 e. The summed E-state index contributed by atoms with van der Waals surface area (Å²) in [6.07, 6.45) is 5.21. The number of carbonyl (C=O) groups excluding carboxylic acids is 1. The van der Waals surface area contributed by atoms with E-state index in [1.54, 1.807) is 30.3 Å². The molecule has 1 amide bonds. The predicted octanol–water partition coefficient (Wildman–Crippen LogP) is 4.62. The molecule has 1 atom stereocenters. The fourth-order valence-corrected chi connectivity index (χ4v) is 6.65. The van der Waals surface area contributed by atoms with Crippen LogP contribution in [0.25, 0.3) is 0 Å². The molecule has 6 heteroatoms. The van der Waals surface area contributed by atoms with Gasteiger partial charge in [0.15, 0.2) is 9.84 Å². The Morgan fingerprint density at radius 2 is 1.66 bits per heavy atom. The molecular weight excluding hydrogens is 406 g/mol. The van der Waals surface area contributed by atoms with Crippen LogP contribution in [0.5, 0.6) is 0 Å². The molecule has 1 aliphatic carbocycles. The lowest BCUT2D eigenvalue weighted by Crippen LogP contribution is -2.49. The normalized spacial score (nSPS) is 21.4. The van der Waals surface area contributed by atoms with Gasteiger partial charge in [-0.25, -0.2) is 8.42 Å². The largest absolute Gasteiger partial charge is 0.338 e. The number of carbonyl (C=O) groups is 1. The van der Waals surface area contributed by atoms with Crippen LogP contribution in [-0.4, -0.2) is 37.6 Å². The lowest BCUT2D eigenvalue weighted by Gasteiger charge is -2.36. The summed E-state index contributed by atoms with van der Waals surface area (Å²) in [6, 6.07) is 15.9. The third kappa shape index (κ3) is 3.95. The molecule has 29 heavy (non-hydrogen) atoms. The predicted molar refractivity (Wildman–Crippen MR) is 115 cm³/mol. The Morgan fingerprint density at radius 3 is 2.31 bits per heavy atom. The van der Waals surface area contributed by atoms with E-state index in [2.05, 4.69) is 0 Å². The van der Waals surface area contributed by atoms with Gasteiger partial charge < -0.3 is 4.90 Å². The molecule has 0 spiro atoms. The van der Waals surface area contributed by atoms with Gasteiger partial charge in [0.05, 0.1) is 16.1 Å². The lowest BCUT2D eigenvalue weighted by molar-refractivity contribution is -0.137. The van der Waals surface area contributed by atoms with Gasteiger partial charge in [-0.15, -0.1) is 0 Å². The molecule has 2 aromatic rings. The van der Waals surface area contributed by atoms with Crippen LogP contribution in [0.2, 0.25) is 5.02 Å². The maximum Gasteiger partial charge on any atom is 0.233 e. The van der Waals surface area contributed by atoms with Crippen molar-refractivity contribution in [1.82, 2.24) is 4.90 Å². The Hall–Kier alpha value is -1.85. The first kappa shape index (κ1) is 20.4. The second-order valence-electron chi connectivity index (χ2n) is 8.19. The fraction of sp³-hybridized carbons (Fsp3) is 0.435. The first-order valence-electron chi connectivity index (χ1n) is 10.3. The molecule has 2 fully saturated rings. The Kier molecular flexibility index (Phi) is 5.71. The van der Waals surface area contributed by atoms with Gasteiger partial charge in [-0.2, -0.15) is 0 Å². The highest BCUT2D eigenvalue weighted by molar-refractivity contribution is 7.91. The number of amides is 1. The van der Waals surface area contributed by atoms with Crippen LogP contribution in [0.1, 0.15) is 44.1 Å². The van der Waals surface area contributed by atoms with Crippen molar-refractivity contribution in [2.24, 2.45) is 0 Å². The number of benzene rings is 2. The molecule has 4 nitrogen and oxygen atoms in total. The van der Waals surface area contributed by atoms with Crippen LogP contribution in [0.15, 0.2) is 59.5 Å². The van der Waals surface area contributed by atoms with Gasteiger partial charge in [0.1, 0.15) is 0 Å². The Labute approximate surface area is 177 Å². The van der Waals surface area contributed by atoms with Gasteiger partial charge in [0.25, 0.3) is 0 Å². The van der Waals surface area contributed by atoms with Gasteiger partial charge >= 0.3 is 0 Å². The van der Waals surface area contributed by atoms with Gasteiger partial charge in [0.2, 0.25) is 5.91 Å². The highest BCUT2D eigenvalue weighted by Crippen LogP contribution is 2.44. The maximum absolute atomic E-state index is 13.8. The summed E-state index contributed by atoms with van der Waals surface area (Å²) in [6.45, 7) is 0.628. The highest BCUT2D eigenvalue weighted by Gasteiger charge is 2.47. The first-order valence-corrected chi connectivity index (χ1v) is 12.3. The van der Waals surface area contributed by atoms with Gasteiger partial charge in [-0.3, -0.25) is 4.79 Å². The zero-order valence-corrected chi connectivity index (χ0v) is 18.0. The van der Waals surface area contributed by atoms with E-state index in [4.69, 9.17) is 11.6 Å². The van der Waals surface area contributed by atoms with E-state index >= 15 is 0 Å². The number of rotatable bonds is 5. The van der Waals surface area contributed by atoms with Gasteiger partial charge in [-0.05, 0) is 55.5 Å². The summed E-state index contributed by atoms with van der Waals surface area (Å²) >= 11 is 6.06. The van der Waals surface area contributed by atoms with Crippen molar-refractivity contribution < 1.29 is 13.2 Å². The second-order valence-corrected chi connectivity index (χ2v) is 10.7. The summed E-state index contributed by atoms with van der Waals surface area (Å²) in [5.74, 6) is 0.0718. The van der Waals surface area contributed by atoms with E-state index in [0.717, 1.165) is 44.1 Å². The number of halogens is 1. The smallest absolute Gasteiger partial charge is 0.233 e. The third-order valence-electron chi connectivity index (χ3n) is 6.42. The van der Waals surface area contributed by atoms with Crippen LogP contribution in [-0.2, 0) is 20.0 Å². The van der Waals surface area contributed by atoms with Crippen molar-refractivity contribution in [2.45, 2.75) is 54.9 Å². The topological polar surface area (TPSA) is 54.5 Å². The molecule has 1 heterocycles. The van der Waals surface area contributed by atoms with Gasteiger partial charge in [0, 0.05) is 17.6 Å². The highest BCUT2D eigenvalue weighted by atomic mass is 35.5. The molecular formula is C23H26ClNO3S. The summed E-state index contributed by atoms with van der Waals surface area (Å²) in [4.78, 5) is 16.0. The van der Waals surface area contributed by atoms with Crippen LogP contribution < -0.4 is 0 Å². The van der Waals surface area contributed by atoms with Crippen LogP contribution >= 0.6 is 11.6 Å². The summed E-state index contributed by atoms with van der Waals surface area (Å²) in [7, 11) is -3.44. The maximum atomic E-state index is 13.8. The molecule has 2 aliphatic rings. The number of hydrogen-bond acceptors (Lipinski definition) is 3. The fourth-order valence-electron chi connectivity index (χ4n) is 4.90. The van der Waals surface area contributed by atoms with E-state index in [9.17, 15) is 13.2 Å². The summed E-state index contributed by atoms with van der Waals surface area (Å²) in [5.41, 5.74) is 0.449. The van der Waals surface area contributed by atoms with Crippen molar-refractivity contribution in [1.29, 1.82) is 0 Å². The molecule has 0 aromatic heterocycles. The van der Waals surface area contributed by atoms with Crippen molar-refractivity contribution in [2.75, 3.05) is 12.3 Å². The zero-order valence-electron chi connectivity index (χ0n) is 16.4. The minimum atomic E-state index is -3.44. The zero-order chi connectivity index (χ0) is 20.5. The quantitative estimate of drug-likeness (QED) is 0.694. The standard InChI is InChI=1S/C23H26ClNO3S/c24-19-12-10-18(11-13-19)23(14-4-5-15-23)22(26)25-16-6-7-20(25)17-29(27,28)21-8-2-1-3-9-21/h1-3,8-13,20H,4-7,14-17H2.